The van der Waals surface area contributed by atoms with Gasteiger partial charge in [0.05, 0.1) is 22.9 Å². The number of ether oxygens (including phenoxy) is 1. The molecule has 1 aromatic heterocycles. The molecule has 28 heavy (non-hydrogen) atoms. The molecule has 0 unspecified atom stereocenters. The second-order valence-corrected chi connectivity index (χ2v) is 9.01. The van der Waals surface area contributed by atoms with Gasteiger partial charge in [-0.2, -0.15) is 0 Å². The molecule has 1 N–H and O–H groups in total. The molecule has 0 saturated carbocycles. The highest BCUT2D eigenvalue weighted by Crippen LogP contribution is 2.48. The molecule has 1 aliphatic carbocycles. The van der Waals surface area contributed by atoms with Crippen LogP contribution in [0.5, 0.6) is 5.75 Å². The number of aromatic nitrogens is 2. The second-order valence-electron chi connectivity index (χ2n) is 9.01. The van der Waals surface area contributed by atoms with E-state index < -0.39 is 5.60 Å². The maximum atomic E-state index is 12.3. The molecule has 2 aliphatic rings. The average molecular weight is 381 g/mol. The van der Waals surface area contributed by atoms with Gasteiger partial charge in [-0.1, -0.05) is 6.08 Å². The normalized spacial score (nSPS) is 19.1. The molecule has 1 spiro atoms. The lowest BCUT2D eigenvalue weighted by Gasteiger charge is -2.40. The third kappa shape index (κ3) is 3.81. The Labute approximate surface area is 165 Å². The van der Waals surface area contributed by atoms with Crippen molar-refractivity contribution in [3.8, 4) is 5.75 Å². The Morgan fingerprint density at radius 3 is 2.68 bits per heavy atom. The maximum absolute atomic E-state index is 12.3. The summed E-state index contributed by atoms with van der Waals surface area (Å²) < 4.78 is 5.50. The molecular formula is C22H27N3O3. The van der Waals surface area contributed by atoms with Crippen LogP contribution in [0.15, 0.2) is 30.5 Å². The minimum absolute atomic E-state index is 0.198. The van der Waals surface area contributed by atoms with Gasteiger partial charge in [-0.3, -0.25) is 4.98 Å². The topological polar surface area (TPSA) is 75.5 Å². The molecule has 1 aromatic carbocycles. The number of benzene rings is 1. The predicted molar refractivity (Wildman–Crippen MR) is 108 cm³/mol. The first-order valence-corrected chi connectivity index (χ1v) is 9.86. The van der Waals surface area contributed by atoms with Crippen molar-refractivity contribution in [1.82, 2.24) is 14.9 Å². The van der Waals surface area contributed by atoms with Gasteiger partial charge >= 0.3 is 6.09 Å². The monoisotopic (exact) mass is 381 g/mol. The second kappa shape index (κ2) is 6.76. The van der Waals surface area contributed by atoms with E-state index in [-0.39, 0.29) is 17.3 Å². The highest BCUT2D eigenvalue weighted by molar-refractivity contribution is 5.78. The SMILES string of the molecule is CC(C)(C)OC(=O)N1CCC2(CC=C(c3cnc4ccc(O)cc4n3)C2)CC1. The van der Waals surface area contributed by atoms with Gasteiger partial charge in [0.25, 0.3) is 0 Å². The van der Waals surface area contributed by atoms with E-state index in [9.17, 15) is 9.90 Å². The van der Waals surface area contributed by atoms with E-state index >= 15 is 0 Å². The fourth-order valence-electron chi connectivity index (χ4n) is 4.11. The number of hydrogen-bond acceptors (Lipinski definition) is 5. The molecule has 0 atom stereocenters. The fourth-order valence-corrected chi connectivity index (χ4v) is 4.11. The van der Waals surface area contributed by atoms with Gasteiger partial charge < -0.3 is 14.7 Å². The van der Waals surface area contributed by atoms with E-state index in [4.69, 9.17) is 9.72 Å². The summed E-state index contributed by atoms with van der Waals surface area (Å²) >= 11 is 0. The Bertz CT molecular complexity index is 938. The summed E-state index contributed by atoms with van der Waals surface area (Å²) in [6.45, 7) is 7.15. The lowest BCUT2D eigenvalue weighted by molar-refractivity contribution is 0.0114. The summed E-state index contributed by atoms with van der Waals surface area (Å²) in [6, 6.07) is 5.05. The molecule has 6 heteroatoms. The molecule has 6 nitrogen and oxygen atoms in total. The van der Waals surface area contributed by atoms with Crippen LogP contribution in [0, 0.1) is 5.41 Å². The first-order chi connectivity index (χ1) is 13.2. The van der Waals surface area contributed by atoms with Crippen LogP contribution in [0.3, 0.4) is 0 Å². The van der Waals surface area contributed by atoms with Gasteiger partial charge in [-0.05, 0) is 69.6 Å². The summed E-state index contributed by atoms with van der Waals surface area (Å²) in [7, 11) is 0. The van der Waals surface area contributed by atoms with Gasteiger partial charge in [0.2, 0.25) is 0 Å². The van der Waals surface area contributed by atoms with Crippen molar-refractivity contribution in [3.05, 3.63) is 36.2 Å². The largest absolute Gasteiger partial charge is 0.508 e. The minimum atomic E-state index is -0.461. The summed E-state index contributed by atoms with van der Waals surface area (Å²) in [5.74, 6) is 0.199. The third-order valence-corrected chi connectivity index (χ3v) is 5.68. The van der Waals surface area contributed by atoms with Crippen molar-refractivity contribution in [2.24, 2.45) is 5.41 Å². The Hall–Kier alpha value is -2.63. The highest BCUT2D eigenvalue weighted by atomic mass is 16.6. The molecule has 2 aromatic rings. The average Bonchev–Trinajstić information content (AvgIpc) is 3.04. The Kier molecular flexibility index (Phi) is 4.52. The molecule has 0 bridgehead atoms. The lowest BCUT2D eigenvalue weighted by Crippen LogP contribution is -2.44. The van der Waals surface area contributed by atoms with E-state index in [1.807, 2.05) is 31.9 Å². The summed E-state index contributed by atoms with van der Waals surface area (Å²) in [5, 5.41) is 9.70. The highest BCUT2D eigenvalue weighted by Gasteiger charge is 2.40. The number of fused-ring (bicyclic) bond motifs is 1. The number of phenolic OH excluding ortho intramolecular Hbond substituents is 1. The van der Waals surface area contributed by atoms with E-state index in [2.05, 4.69) is 11.1 Å². The molecule has 1 aliphatic heterocycles. The Balaban J connectivity index is 1.42. The van der Waals surface area contributed by atoms with Gasteiger partial charge in [-0.15, -0.1) is 0 Å². The quantitative estimate of drug-likeness (QED) is 0.785. The van der Waals surface area contributed by atoms with Crippen molar-refractivity contribution in [1.29, 1.82) is 0 Å². The first-order valence-electron chi connectivity index (χ1n) is 9.86. The number of likely N-dealkylation sites (tertiary alicyclic amines) is 1. The van der Waals surface area contributed by atoms with Crippen LogP contribution >= 0.6 is 0 Å². The number of carbonyl (C=O) groups is 1. The van der Waals surface area contributed by atoms with E-state index in [1.165, 1.54) is 5.57 Å². The smallest absolute Gasteiger partial charge is 0.410 e. The standard InChI is InChI=1S/C22H27N3O3/c1-21(2,3)28-20(27)25-10-8-22(9-11-25)7-6-15(13-22)19-14-23-17-5-4-16(26)12-18(17)24-19/h4-6,12,14,26H,7-11,13H2,1-3H3. The number of allylic oxidation sites excluding steroid dienone is 2. The summed E-state index contributed by atoms with van der Waals surface area (Å²) in [5.41, 5.74) is 3.31. The number of phenols is 1. The van der Waals surface area contributed by atoms with Gasteiger partial charge in [0.1, 0.15) is 11.4 Å². The number of amides is 1. The fraction of sp³-hybridized carbons (Fsp3) is 0.500. The molecular weight excluding hydrogens is 354 g/mol. The molecule has 4 rings (SSSR count). The Morgan fingerprint density at radius 1 is 1.21 bits per heavy atom. The van der Waals surface area contributed by atoms with E-state index in [0.29, 0.717) is 5.52 Å². The zero-order valence-electron chi connectivity index (χ0n) is 16.7. The number of piperidine rings is 1. The number of rotatable bonds is 1. The maximum Gasteiger partial charge on any atom is 0.410 e. The molecule has 0 radical (unpaired) electrons. The first kappa shape index (κ1) is 18.7. The number of hydrogen-bond donors (Lipinski definition) is 1. The van der Waals surface area contributed by atoms with Gasteiger partial charge in [0.15, 0.2) is 0 Å². The van der Waals surface area contributed by atoms with Crippen LogP contribution in [0.4, 0.5) is 4.79 Å². The van der Waals surface area contributed by atoms with E-state index in [0.717, 1.165) is 50.0 Å². The lowest BCUT2D eigenvalue weighted by atomic mass is 9.75. The zero-order valence-corrected chi connectivity index (χ0v) is 16.7. The molecule has 148 valence electrons. The molecule has 2 heterocycles. The molecule has 1 amide bonds. The van der Waals surface area contributed by atoms with Crippen LogP contribution in [0.25, 0.3) is 16.6 Å². The predicted octanol–water partition coefficient (Wildman–Crippen LogP) is 4.53. The molecule has 1 fully saturated rings. The van der Waals surface area contributed by atoms with Crippen molar-refractivity contribution in [3.63, 3.8) is 0 Å². The minimum Gasteiger partial charge on any atom is -0.508 e. The third-order valence-electron chi connectivity index (χ3n) is 5.68. The van der Waals surface area contributed by atoms with Crippen LogP contribution < -0.4 is 0 Å². The number of aromatic hydroxyl groups is 1. The molecule has 1 saturated heterocycles. The number of nitrogens with zero attached hydrogens (tertiary/aromatic N) is 3. The summed E-state index contributed by atoms with van der Waals surface area (Å²) in [6.07, 6.45) is 7.76. The van der Waals surface area contributed by atoms with E-state index in [1.54, 1.807) is 18.2 Å². The van der Waals surface area contributed by atoms with Crippen LogP contribution in [0.2, 0.25) is 0 Å². The van der Waals surface area contributed by atoms with Crippen molar-refractivity contribution >= 4 is 22.7 Å². The van der Waals surface area contributed by atoms with Crippen molar-refractivity contribution in [2.45, 2.75) is 52.1 Å². The number of carbonyl (C=O) groups excluding carboxylic acids is 1. The van der Waals surface area contributed by atoms with Crippen molar-refractivity contribution < 1.29 is 14.6 Å². The summed E-state index contributed by atoms with van der Waals surface area (Å²) in [4.78, 5) is 23.3. The zero-order chi connectivity index (χ0) is 19.9. The van der Waals surface area contributed by atoms with Crippen LogP contribution in [-0.2, 0) is 4.74 Å². The van der Waals surface area contributed by atoms with Crippen molar-refractivity contribution in [2.75, 3.05) is 13.1 Å². The van der Waals surface area contributed by atoms with Crippen LogP contribution in [0.1, 0.15) is 52.1 Å². The van der Waals surface area contributed by atoms with Crippen LogP contribution in [-0.4, -0.2) is 44.8 Å². The Morgan fingerprint density at radius 2 is 1.96 bits per heavy atom. The van der Waals surface area contributed by atoms with Gasteiger partial charge in [0, 0.05) is 19.2 Å². The van der Waals surface area contributed by atoms with Gasteiger partial charge in [-0.25, -0.2) is 9.78 Å².